The molecule has 0 aliphatic carbocycles. The van der Waals surface area contributed by atoms with Crippen molar-refractivity contribution in [3.05, 3.63) is 15.7 Å². The van der Waals surface area contributed by atoms with Gasteiger partial charge in [0.15, 0.2) is 11.5 Å². The van der Waals surface area contributed by atoms with Crippen LogP contribution in [0.4, 0.5) is 0 Å². The average molecular weight is 278 g/mol. The van der Waals surface area contributed by atoms with Crippen molar-refractivity contribution in [2.75, 3.05) is 13.9 Å². The molecule has 0 saturated heterocycles. The molecule has 0 saturated carbocycles. The Morgan fingerprint density at radius 3 is 3.00 bits per heavy atom. The van der Waals surface area contributed by atoms with Gasteiger partial charge in [0, 0.05) is 0 Å². The smallest absolute Gasteiger partial charge is 0.231 e. The fourth-order valence-corrected chi connectivity index (χ4v) is 1.76. The van der Waals surface area contributed by atoms with Gasteiger partial charge < -0.3 is 14.2 Å². The SMILES string of the molecule is COc1c(I)ccc2c1OCO2. The molecule has 12 heavy (non-hydrogen) atoms. The number of hydrogen-bond acceptors (Lipinski definition) is 3. The summed E-state index contributed by atoms with van der Waals surface area (Å²) in [6.45, 7) is 0.284. The molecule has 1 aliphatic rings. The monoisotopic (exact) mass is 278 g/mol. The largest absolute Gasteiger partial charge is 0.492 e. The summed E-state index contributed by atoms with van der Waals surface area (Å²) in [7, 11) is 1.62. The van der Waals surface area contributed by atoms with Gasteiger partial charge in [0.2, 0.25) is 12.5 Å². The Labute approximate surface area is 83.8 Å². The van der Waals surface area contributed by atoms with Crippen molar-refractivity contribution in [3.8, 4) is 17.2 Å². The molecule has 1 aliphatic heterocycles. The van der Waals surface area contributed by atoms with Crippen molar-refractivity contribution < 1.29 is 14.2 Å². The molecule has 4 heteroatoms. The van der Waals surface area contributed by atoms with Gasteiger partial charge in [-0.25, -0.2) is 0 Å². The number of benzene rings is 1. The summed E-state index contributed by atoms with van der Waals surface area (Å²) in [5, 5.41) is 0. The van der Waals surface area contributed by atoms with Gasteiger partial charge in [-0.15, -0.1) is 0 Å². The molecule has 64 valence electrons. The van der Waals surface area contributed by atoms with E-state index in [1.165, 1.54) is 0 Å². The van der Waals surface area contributed by atoms with Gasteiger partial charge in [0.25, 0.3) is 0 Å². The third kappa shape index (κ3) is 1.10. The first-order valence-electron chi connectivity index (χ1n) is 3.45. The van der Waals surface area contributed by atoms with Crippen molar-refractivity contribution in [2.24, 2.45) is 0 Å². The summed E-state index contributed by atoms with van der Waals surface area (Å²) in [6.07, 6.45) is 0. The number of rotatable bonds is 1. The maximum absolute atomic E-state index is 5.25. The Hall–Kier alpha value is -0.650. The third-order valence-corrected chi connectivity index (χ3v) is 2.50. The normalized spacial score (nSPS) is 13.2. The molecule has 0 aromatic heterocycles. The average Bonchev–Trinajstić information content (AvgIpc) is 2.52. The zero-order valence-corrected chi connectivity index (χ0v) is 8.62. The lowest BCUT2D eigenvalue weighted by molar-refractivity contribution is 0.171. The van der Waals surface area contributed by atoms with Gasteiger partial charge in [0.1, 0.15) is 0 Å². The summed E-state index contributed by atoms with van der Waals surface area (Å²) < 4.78 is 16.6. The van der Waals surface area contributed by atoms with Crippen LogP contribution in [0.1, 0.15) is 0 Å². The summed E-state index contributed by atoms with van der Waals surface area (Å²) in [5.74, 6) is 2.22. The van der Waals surface area contributed by atoms with E-state index < -0.39 is 0 Å². The first kappa shape index (κ1) is 7.97. The number of ether oxygens (including phenoxy) is 3. The summed E-state index contributed by atoms with van der Waals surface area (Å²) in [6, 6.07) is 3.82. The Balaban J connectivity index is 2.57. The van der Waals surface area contributed by atoms with E-state index >= 15 is 0 Å². The zero-order chi connectivity index (χ0) is 8.55. The van der Waals surface area contributed by atoms with Crippen LogP contribution in [0.5, 0.6) is 17.2 Å². The third-order valence-electron chi connectivity index (χ3n) is 1.65. The van der Waals surface area contributed by atoms with Crippen LogP contribution in [0, 0.1) is 3.57 Å². The van der Waals surface area contributed by atoms with Gasteiger partial charge in [-0.2, -0.15) is 0 Å². The minimum absolute atomic E-state index is 0.284. The first-order chi connectivity index (χ1) is 5.83. The maximum atomic E-state index is 5.25. The highest BCUT2D eigenvalue weighted by Gasteiger charge is 2.20. The lowest BCUT2D eigenvalue weighted by Gasteiger charge is -2.05. The molecule has 0 N–H and O–H groups in total. The van der Waals surface area contributed by atoms with Crippen molar-refractivity contribution >= 4 is 22.6 Å². The van der Waals surface area contributed by atoms with Crippen molar-refractivity contribution in [2.45, 2.75) is 0 Å². The fourth-order valence-electron chi connectivity index (χ4n) is 1.11. The molecule has 1 aromatic carbocycles. The summed E-state index contributed by atoms with van der Waals surface area (Å²) in [4.78, 5) is 0. The van der Waals surface area contributed by atoms with Crippen LogP contribution in [-0.2, 0) is 0 Å². The molecule has 0 radical (unpaired) electrons. The second-order valence-corrected chi connectivity index (χ2v) is 3.48. The molecule has 0 fully saturated rings. The molecule has 0 unspecified atom stereocenters. The first-order valence-corrected chi connectivity index (χ1v) is 4.53. The van der Waals surface area contributed by atoms with Crippen LogP contribution < -0.4 is 14.2 Å². The lowest BCUT2D eigenvalue weighted by Crippen LogP contribution is -1.94. The summed E-state index contributed by atoms with van der Waals surface area (Å²) >= 11 is 2.19. The van der Waals surface area contributed by atoms with Crippen LogP contribution in [0.3, 0.4) is 0 Å². The van der Waals surface area contributed by atoms with E-state index in [2.05, 4.69) is 22.6 Å². The van der Waals surface area contributed by atoms with E-state index in [1.54, 1.807) is 7.11 Å². The highest BCUT2D eigenvalue weighted by atomic mass is 127. The number of methoxy groups -OCH3 is 1. The fraction of sp³-hybridized carbons (Fsp3) is 0.250. The standard InChI is InChI=1S/C8H7IO3/c1-10-7-5(9)2-3-6-8(7)12-4-11-6/h2-3H,4H2,1H3. The molecule has 2 rings (SSSR count). The minimum Gasteiger partial charge on any atom is -0.492 e. The zero-order valence-electron chi connectivity index (χ0n) is 6.46. The van der Waals surface area contributed by atoms with Gasteiger partial charge in [0.05, 0.1) is 10.7 Å². The topological polar surface area (TPSA) is 27.7 Å². The van der Waals surface area contributed by atoms with E-state index in [0.717, 1.165) is 15.1 Å². The molecule has 3 nitrogen and oxygen atoms in total. The minimum atomic E-state index is 0.284. The number of hydrogen-bond donors (Lipinski definition) is 0. The quantitative estimate of drug-likeness (QED) is 0.736. The van der Waals surface area contributed by atoms with Crippen LogP contribution in [0.25, 0.3) is 0 Å². The van der Waals surface area contributed by atoms with Crippen LogP contribution in [-0.4, -0.2) is 13.9 Å². The predicted molar refractivity (Wildman–Crippen MR) is 51.8 cm³/mol. The van der Waals surface area contributed by atoms with Gasteiger partial charge in [-0.3, -0.25) is 0 Å². The van der Waals surface area contributed by atoms with Crippen molar-refractivity contribution in [1.29, 1.82) is 0 Å². The second kappa shape index (κ2) is 3.01. The Morgan fingerprint density at radius 2 is 2.25 bits per heavy atom. The van der Waals surface area contributed by atoms with Crippen LogP contribution in [0.2, 0.25) is 0 Å². The maximum Gasteiger partial charge on any atom is 0.231 e. The van der Waals surface area contributed by atoms with Crippen LogP contribution in [0.15, 0.2) is 12.1 Å². The Morgan fingerprint density at radius 1 is 1.42 bits per heavy atom. The van der Waals surface area contributed by atoms with Gasteiger partial charge >= 0.3 is 0 Å². The molecular weight excluding hydrogens is 271 g/mol. The Bertz CT molecular complexity index is 311. The second-order valence-electron chi connectivity index (χ2n) is 2.31. The van der Waals surface area contributed by atoms with Crippen molar-refractivity contribution in [3.63, 3.8) is 0 Å². The van der Waals surface area contributed by atoms with Crippen LogP contribution >= 0.6 is 22.6 Å². The molecule has 1 heterocycles. The Kier molecular flexibility index (Phi) is 2.00. The molecule has 0 atom stereocenters. The van der Waals surface area contributed by atoms with Gasteiger partial charge in [-0.05, 0) is 34.7 Å². The molecule has 1 aromatic rings. The van der Waals surface area contributed by atoms with E-state index in [9.17, 15) is 0 Å². The van der Waals surface area contributed by atoms with Crippen molar-refractivity contribution in [1.82, 2.24) is 0 Å². The van der Waals surface area contributed by atoms with E-state index in [-0.39, 0.29) is 6.79 Å². The molecule has 0 spiro atoms. The number of halogens is 1. The summed E-state index contributed by atoms with van der Waals surface area (Å²) in [5.41, 5.74) is 0. The molecule has 0 bridgehead atoms. The molecule has 0 amide bonds. The van der Waals surface area contributed by atoms with E-state index in [0.29, 0.717) is 5.75 Å². The van der Waals surface area contributed by atoms with E-state index in [4.69, 9.17) is 14.2 Å². The number of fused-ring (bicyclic) bond motifs is 1. The lowest BCUT2D eigenvalue weighted by atomic mass is 10.3. The van der Waals surface area contributed by atoms with Gasteiger partial charge in [-0.1, -0.05) is 0 Å². The predicted octanol–water partition coefficient (Wildman–Crippen LogP) is 2.03. The molecular formula is C8H7IO3. The highest BCUT2D eigenvalue weighted by Crippen LogP contribution is 2.43. The highest BCUT2D eigenvalue weighted by molar-refractivity contribution is 14.1. The van der Waals surface area contributed by atoms with E-state index in [1.807, 2.05) is 12.1 Å².